The van der Waals surface area contributed by atoms with Crippen LogP contribution >= 0.6 is 0 Å². The molecule has 9 heteroatoms. The van der Waals surface area contributed by atoms with Gasteiger partial charge in [0.2, 0.25) is 0 Å². The van der Waals surface area contributed by atoms with Crippen LogP contribution in [0, 0.1) is 5.41 Å². The molecule has 29 heavy (non-hydrogen) atoms. The van der Waals surface area contributed by atoms with Gasteiger partial charge in [-0.15, -0.1) is 10.2 Å². The van der Waals surface area contributed by atoms with Gasteiger partial charge in [0.25, 0.3) is 0 Å². The number of carbonyl (C=O) groups is 1. The van der Waals surface area contributed by atoms with Crippen molar-refractivity contribution >= 4 is 11.8 Å². The van der Waals surface area contributed by atoms with Crippen LogP contribution in [-0.2, 0) is 23.1 Å². The van der Waals surface area contributed by atoms with E-state index in [0.29, 0.717) is 6.54 Å². The summed E-state index contributed by atoms with van der Waals surface area (Å²) in [6.45, 7) is 2.20. The summed E-state index contributed by atoms with van der Waals surface area (Å²) in [5.74, 6) is 1.57. The second-order valence-electron chi connectivity index (χ2n) is 7.90. The van der Waals surface area contributed by atoms with E-state index < -0.39 is 0 Å². The lowest BCUT2D eigenvalue weighted by Gasteiger charge is -2.36. The molecule has 9 nitrogen and oxygen atoms in total. The molecule has 0 aromatic carbocycles. The van der Waals surface area contributed by atoms with Crippen LogP contribution in [0.3, 0.4) is 0 Å². The SMILES string of the molecule is Cn1ccnc1-c1ccc(N2CCC3(CC2)CC(Cn2ccnc2)OC3=O)nn1. The van der Waals surface area contributed by atoms with E-state index in [2.05, 4.69) is 25.1 Å². The van der Waals surface area contributed by atoms with E-state index in [1.165, 1.54) is 0 Å². The van der Waals surface area contributed by atoms with Crippen LogP contribution in [0.5, 0.6) is 0 Å². The highest BCUT2D eigenvalue weighted by Crippen LogP contribution is 2.44. The quantitative estimate of drug-likeness (QED) is 0.623. The van der Waals surface area contributed by atoms with E-state index in [0.717, 1.165) is 49.7 Å². The first-order valence-electron chi connectivity index (χ1n) is 9.86. The Morgan fingerprint density at radius 2 is 2.03 bits per heavy atom. The number of aromatic nitrogens is 6. The minimum absolute atomic E-state index is 0.0570. The van der Waals surface area contributed by atoms with Crippen molar-refractivity contribution < 1.29 is 9.53 Å². The molecule has 2 aliphatic rings. The molecule has 2 saturated heterocycles. The number of hydrogen-bond donors (Lipinski definition) is 0. The van der Waals surface area contributed by atoms with Crippen molar-refractivity contribution in [3.63, 3.8) is 0 Å². The van der Waals surface area contributed by atoms with Crippen LogP contribution in [-0.4, -0.2) is 54.5 Å². The first-order chi connectivity index (χ1) is 14.1. The van der Waals surface area contributed by atoms with Gasteiger partial charge in [0, 0.05) is 51.3 Å². The van der Waals surface area contributed by atoms with Gasteiger partial charge < -0.3 is 18.8 Å². The molecule has 0 aliphatic carbocycles. The number of anilines is 1. The van der Waals surface area contributed by atoms with Crippen molar-refractivity contribution in [1.29, 1.82) is 0 Å². The van der Waals surface area contributed by atoms with Crippen LogP contribution in [0.25, 0.3) is 11.5 Å². The Balaban J connectivity index is 1.23. The molecule has 3 aromatic heterocycles. The zero-order valence-electron chi connectivity index (χ0n) is 16.3. The fourth-order valence-corrected chi connectivity index (χ4v) is 4.37. The normalized spacial score (nSPS) is 20.9. The van der Waals surface area contributed by atoms with Gasteiger partial charge in [0.1, 0.15) is 11.8 Å². The molecule has 150 valence electrons. The van der Waals surface area contributed by atoms with Gasteiger partial charge in [-0.25, -0.2) is 9.97 Å². The molecular formula is C20H23N7O2. The summed E-state index contributed by atoms with van der Waals surface area (Å²) in [6, 6.07) is 3.92. The van der Waals surface area contributed by atoms with Crippen LogP contribution in [0.1, 0.15) is 19.3 Å². The number of piperidine rings is 1. The number of hydrogen-bond acceptors (Lipinski definition) is 7. The number of carbonyl (C=O) groups excluding carboxylic acids is 1. The maximum Gasteiger partial charge on any atom is 0.312 e. The van der Waals surface area contributed by atoms with Crippen molar-refractivity contribution in [3.8, 4) is 11.5 Å². The highest BCUT2D eigenvalue weighted by atomic mass is 16.6. The fourth-order valence-electron chi connectivity index (χ4n) is 4.37. The Labute approximate surface area is 168 Å². The summed E-state index contributed by atoms with van der Waals surface area (Å²) in [5, 5.41) is 8.73. The Morgan fingerprint density at radius 3 is 2.69 bits per heavy atom. The molecule has 5 heterocycles. The first-order valence-corrected chi connectivity index (χ1v) is 9.86. The van der Waals surface area contributed by atoms with Crippen molar-refractivity contribution in [1.82, 2.24) is 29.3 Å². The highest BCUT2D eigenvalue weighted by Gasteiger charge is 2.50. The summed E-state index contributed by atoms with van der Waals surface area (Å²) in [5.41, 5.74) is 0.374. The average molecular weight is 393 g/mol. The van der Waals surface area contributed by atoms with Gasteiger partial charge in [-0.05, 0) is 25.0 Å². The Bertz CT molecular complexity index is 988. The summed E-state index contributed by atoms with van der Waals surface area (Å²) in [7, 11) is 1.93. The monoisotopic (exact) mass is 393 g/mol. The predicted molar refractivity (Wildman–Crippen MR) is 105 cm³/mol. The number of esters is 1. The molecule has 0 bridgehead atoms. The molecule has 0 N–H and O–H groups in total. The number of imidazole rings is 2. The maximum atomic E-state index is 12.6. The molecule has 1 unspecified atom stereocenters. The minimum atomic E-state index is -0.373. The molecule has 0 saturated carbocycles. The third-order valence-electron chi connectivity index (χ3n) is 6.04. The Kier molecular flexibility index (Phi) is 4.30. The Morgan fingerprint density at radius 1 is 1.17 bits per heavy atom. The molecule has 1 spiro atoms. The van der Waals surface area contributed by atoms with Gasteiger partial charge in [0.05, 0.1) is 18.3 Å². The zero-order valence-corrected chi connectivity index (χ0v) is 16.3. The van der Waals surface area contributed by atoms with Gasteiger partial charge in [-0.1, -0.05) is 0 Å². The van der Waals surface area contributed by atoms with Crippen LogP contribution in [0.2, 0.25) is 0 Å². The highest BCUT2D eigenvalue weighted by molar-refractivity contribution is 5.79. The topological polar surface area (TPSA) is 91.0 Å². The summed E-state index contributed by atoms with van der Waals surface area (Å²) >= 11 is 0. The number of cyclic esters (lactones) is 1. The Hall–Kier alpha value is -3.23. The molecule has 2 aliphatic heterocycles. The van der Waals surface area contributed by atoms with Gasteiger partial charge in [-0.3, -0.25) is 4.79 Å². The van der Waals surface area contributed by atoms with Crippen molar-refractivity contribution in [2.75, 3.05) is 18.0 Å². The first kappa shape index (κ1) is 17.8. The number of ether oxygens (including phenoxy) is 1. The number of aryl methyl sites for hydroxylation is 1. The fraction of sp³-hybridized carbons (Fsp3) is 0.450. The van der Waals surface area contributed by atoms with E-state index in [9.17, 15) is 4.79 Å². The zero-order chi connectivity index (χ0) is 19.8. The third-order valence-corrected chi connectivity index (χ3v) is 6.04. The molecule has 0 amide bonds. The molecule has 0 radical (unpaired) electrons. The molecular weight excluding hydrogens is 370 g/mol. The maximum absolute atomic E-state index is 12.6. The summed E-state index contributed by atoms with van der Waals surface area (Å²) in [6.07, 6.45) is 11.3. The smallest absolute Gasteiger partial charge is 0.312 e. The molecule has 2 fully saturated rings. The van der Waals surface area contributed by atoms with Crippen LogP contribution < -0.4 is 4.90 Å². The van der Waals surface area contributed by atoms with Gasteiger partial charge in [-0.2, -0.15) is 0 Å². The largest absolute Gasteiger partial charge is 0.460 e. The summed E-state index contributed by atoms with van der Waals surface area (Å²) < 4.78 is 9.57. The van der Waals surface area contributed by atoms with Crippen molar-refractivity contribution in [2.45, 2.75) is 31.9 Å². The predicted octanol–water partition coefficient (Wildman–Crippen LogP) is 1.68. The van der Waals surface area contributed by atoms with Crippen LogP contribution in [0.15, 0.2) is 43.2 Å². The van der Waals surface area contributed by atoms with E-state index in [4.69, 9.17) is 4.74 Å². The number of nitrogens with zero attached hydrogens (tertiary/aromatic N) is 7. The van der Waals surface area contributed by atoms with Gasteiger partial charge in [0.15, 0.2) is 11.6 Å². The average Bonchev–Trinajstić information content (AvgIpc) is 3.46. The van der Waals surface area contributed by atoms with Gasteiger partial charge >= 0.3 is 5.97 Å². The van der Waals surface area contributed by atoms with E-state index in [-0.39, 0.29) is 17.5 Å². The summed E-state index contributed by atoms with van der Waals surface area (Å²) in [4.78, 5) is 23.2. The van der Waals surface area contributed by atoms with Crippen LogP contribution in [0.4, 0.5) is 5.82 Å². The lowest BCUT2D eigenvalue weighted by molar-refractivity contribution is -0.150. The van der Waals surface area contributed by atoms with Crippen molar-refractivity contribution in [3.05, 3.63) is 43.2 Å². The standard InChI is InChI=1S/C20H23N7O2/c1-25-10-7-22-18(25)16-2-3-17(24-23-16)27-8-4-20(5-9-27)12-15(29-19(20)28)13-26-11-6-21-14-26/h2-3,6-7,10-11,14-15H,4-5,8-9,12-13H2,1H3. The molecule has 5 rings (SSSR count). The minimum Gasteiger partial charge on any atom is -0.460 e. The van der Waals surface area contributed by atoms with E-state index in [1.54, 1.807) is 18.7 Å². The second-order valence-corrected chi connectivity index (χ2v) is 7.90. The molecule has 3 aromatic rings. The van der Waals surface area contributed by atoms with E-state index >= 15 is 0 Å². The van der Waals surface area contributed by atoms with Crippen molar-refractivity contribution in [2.24, 2.45) is 12.5 Å². The number of rotatable bonds is 4. The lowest BCUT2D eigenvalue weighted by Crippen LogP contribution is -2.43. The lowest BCUT2D eigenvalue weighted by atomic mass is 9.76. The second kappa shape index (κ2) is 6.98. The van der Waals surface area contributed by atoms with E-state index in [1.807, 2.05) is 40.7 Å². The molecule has 1 atom stereocenters. The third kappa shape index (κ3) is 3.26.